The van der Waals surface area contributed by atoms with Gasteiger partial charge in [0.25, 0.3) is 0 Å². The molecule has 0 bridgehead atoms. The van der Waals surface area contributed by atoms with E-state index in [0.717, 1.165) is 28.9 Å². The number of nitrogens with zero attached hydrogens (tertiary/aromatic N) is 2. The summed E-state index contributed by atoms with van der Waals surface area (Å²) in [5.41, 5.74) is 0.601. The zero-order chi connectivity index (χ0) is 17.5. The highest BCUT2D eigenvalue weighted by atomic mass is 79.9. The van der Waals surface area contributed by atoms with Crippen LogP contribution in [0.2, 0.25) is 5.02 Å². The molecule has 0 radical (unpaired) electrons. The number of piperazine rings is 1. The maximum absolute atomic E-state index is 12.3. The van der Waals surface area contributed by atoms with Crippen molar-refractivity contribution in [3.8, 4) is 5.75 Å². The Bertz CT molecular complexity index is 647. The SMILES string of the molecule is CC(C)(C)OC(=O)N1CCN2Cc3cc(Cl)c(Br)cc3OC[C@H]2C1. The molecule has 1 saturated heterocycles. The van der Waals surface area contributed by atoms with E-state index in [9.17, 15) is 4.79 Å². The molecule has 1 atom stereocenters. The van der Waals surface area contributed by atoms with Crippen LogP contribution in [0.25, 0.3) is 0 Å². The van der Waals surface area contributed by atoms with Gasteiger partial charge in [-0.15, -0.1) is 0 Å². The molecule has 2 aliphatic rings. The van der Waals surface area contributed by atoms with Crippen molar-refractivity contribution >= 4 is 33.6 Å². The highest BCUT2D eigenvalue weighted by Gasteiger charge is 2.34. The highest BCUT2D eigenvalue weighted by Crippen LogP contribution is 2.34. The topological polar surface area (TPSA) is 42.0 Å². The molecule has 2 aliphatic heterocycles. The monoisotopic (exact) mass is 416 g/mol. The Morgan fingerprint density at radius 3 is 2.83 bits per heavy atom. The fraction of sp³-hybridized carbons (Fsp3) is 0.588. The van der Waals surface area contributed by atoms with Crippen LogP contribution in [0.15, 0.2) is 16.6 Å². The summed E-state index contributed by atoms with van der Waals surface area (Å²) in [6.45, 7) is 9.02. The molecule has 7 heteroatoms. The van der Waals surface area contributed by atoms with E-state index < -0.39 is 5.60 Å². The number of halogens is 2. The molecule has 5 nitrogen and oxygen atoms in total. The number of hydrogen-bond acceptors (Lipinski definition) is 4. The molecule has 1 aromatic rings. The van der Waals surface area contributed by atoms with Gasteiger partial charge in [-0.05, 0) is 48.8 Å². The summed E-state index contributed by atoms with van der Waals surface area (Å²) in [5.74, 6) is 0.851. The van der Waals surface area contributed by atoms with E-state index in [2.05, 4.69) is 20.8 Å². The third-order valence-corrected chi connectivity index (χ3v) is 5.36. The maximum Gasteiger partial charge on any atom is 0.410 e. The van der Waals surface area contributed by atoms with Gasteiger partial charge in [-0.1, -0.05) is 11.6 Å². The summed E-state index contributed by atoms with van der Waals surface area (Å²) < 4.78 is 12.3. The van der Waals surface area contributed by atoms with Crippen molar-refractivity contribution in [3.63, 3.8) is 0 Å². The Kier molecular flexibility index (Phi) is 5.00. The van der Waals surface area contributed by atoms with E-state index in [-0.39, 0.29) is 12.1 Å². The second-order valence-corrected chi connectivity index (χ2v) is 8.50. The molecule has 24 heavy (non-hydrogen) atoms. The molecule has 2 heterocycles. The predicted molar refractivity (Wildman–Crippen MR) is 96.7 cm³/mol. The van der Waals surface area contributed by atoms with Gasteiger partial charge in [-0.3, -0.25) is 4.90 Å². The average Bonchev–Trinajstić information content (AvgIpc) is 2.65. The van der Waals surface area contributed by atoms with Gasteiger partial charge in [0.05, 0.1) is 11.1 Å². The molecule has 0 aromatic heterocycles. The number of hydrogen-bond donors (Lipinski definition) is 0. The smallest absolute Gasteiger partial charge is 0.410 e. The molecule has 0 unspecified atom stereocenters. The third-order valence-electron chi connectivity index (χ3n) is 4.16. The Balaban J connectivity index is 1.71. The molecule has 1 amide bonds. The molecule has 0 aliphatic carbocycles. The predicted octanol–water partition coefficient (Wildman–Crippen LogP) is 3.92. The first-order valence-electron chi connectivity index (χ1n) is 8.05. The first kappa shape index (κ1) is 17.8. The van der Waals surface area contributed by atoms with Crippen LogP contribution in [0.5, 0.6) is 5.75 Å². The number of ether oxygens (including phenoxy) is 2. The van der Waals surface area contributed by atoms with Gasteiger partial charge in [0.1, 0.15) is 18.0 Å². The molecule has 0 spiro atoms. The quantitative estimate of drug-likeness (QED) is 0.642. The van der Waals surface area contributed by atoms with Crippen molar-refractivity contribution in [1.82, 2.24) is 9.80 Å². The summed E-state index contributed by atoms with van der Waals surface area (Å²) in [6, 6.07) is 4.02. The summed E-state index contributed by atoms with van der Waals surface area (Å²) in [4.78, 5) is 16.4. The number of rotatable bonds is 0. The van der Waals surface area contributed by atoms with Crippen molar-refractivity contribution in [3.05, 3.63) is 27.2 Å². The van der Waals surface area contributed by atoms with Gasteiger partial charge < -0.3 is 14.4 Å². The standard InChI is InChI=1S/C17H22BrClN2O3/c1-17(2,3)24-16(22)21-5-4-20-8-11-6-14(19)13(18)7-15(11)23-10-12(20)9-21/h6-7,12H,4-5,8-10H2,1-3H3/t12-/m1/s1. The second kappa shape index (κ2) is 6.73. The summed E-state index contributed by atoms with van der Waals surface area (Å²) in [7, 11) is 0. The van der Waals surface area contributed by atoms with Gasteiger partial charge in [0, 0.05) is 36.2 Å². The first-order valence-corrected chi connectivity index (χ1v) is 9.23. The van der Waals surface area contributed by atoms with Crippen molar-refractivity contribution < 1.29 is 14.3 Å². The van der Waals surface area contributed by atoms with Gasteiger partial charge >= 0.3 is 6.09 Å². The van der Waals surface area contributed by atoms with E-state index in [1.54, 1.807) is 4.90 Å². The van der Waals surface area contributed by atoms with Gasteiger partial charge in [-0.2, -0.15) is 0 Å². The zero-order valence-electron chi connectivity index (χ0n) is 14.1. The number of amides is 1. The van der Waals surface area contributed by atoms with E-state index in [1.165, 1.54) is 0 Å². The van der Waals surface area contributed by atoms with Gasteiger partial charge in [-0.25, -0.2) is 4.79 Å². The van der Waals surface area contributed by atoms with Crippen molar-refractivity contribution in [2.45, 2.75) is 39.0 Å². The molecule has 132 valence electrons. The first-order chi connectivity index (χ1) is 11.2. The van der Waals surface area contributed by atoms with Crippen molar-refractivity contribution in [1.29, 1.82) is 0 Å². The highest BCUT2D eigenvalue weighted by molar-refractivity contribution is 9.10. The van der Waals surface area contributed by atoms with Gasteiger partial charge in [0.2, 0.25) is 0 Å². The van der Waals surface area contributed by atoms with E-state index >= 15 is 0 Å². The van der Waals surface area contributed by atoms with Crippen LogP contribution in [-0.2, 0) is 11.3 Å². The van der Waals surface area contributed by atoms with Crippen LogP contribution >= 0.6 is 27.5 Å². The fourth-order valence-electron chi connectivity index (χ4n) is 2.98. The number of fused-ring (bicyclic) bond motifs is 2. The number of benzene rings is 1. The summed E-state index contributed by atoms with van der Waals surface area (Å²) >= 11 is 9.65. The van der Waals surface area contributed by atoms with Crippen LogP contribution in [-0.4, -0.2) is 53.8 Å². The van der Waals surface area contributed by atoms with E-state index in [1.807, 2.05) is 32.9 Å². The number of carbonyl (C=O) groups excluding carboxylic acids is 1. The van der Waals surface area contributed by atoms with Crippen molar-refractivity contribution in [2.24, 2.45) is 0 Å². The lowest BCUT2D eigenvalue weighted by molar-refractivity contribution is -0.00154. The minimum atomic E-state index is -0.479. The largest absolute Gasteiger partial charge is 0.492 e. The Hall–Kier alpha value is -0.980. The molecule has 0 saturated carbocycles. The molecule has 0 N–H and O–H groups in total. The summed E-state index contributed by atoms with van der Waals surface area (Å²) in [5, 5.41) is 0.684. The molecular formula is C17H22BrClN2O3. The lowest BCUT2D eigenvalue weighted by Crippen LogP contribution is -2.56. The Morgan fingerprint density at radius 1 is 1.38 bits per heavy atom. The Morgan fingerprint density at radius 2 is 2.12 bits per heavy atom. The molecular weight excluding hydrogens is 396 g/mol. The lowest BCUT2D eigenvalue weighted by atomic mass is 10.1. The number of carbonyl (C=O) groups is 1. The van der Waals surface area contributed by atoms with Crippen LogP contribution < -0.4 is 4.74 Å². The van der Waals surface area contributed by atoms with Crippen LogP contribution in [0.1, 0.15) is 26.3 Å². The van der Waals surface area contributed by atoms with Crippen LogP contribution in [0, 0.1) is 0 Å². The minimum Gasteiger partial charge on any atom is -0.492 e. The average molecular weight is 418 g/mol. The maximum atomic E-state index is 12.3. The molecule has 1 aromatic carbocycles. The van der Waals surface area contributed by atoms with Gasteiger partial charge in [0.15, 0.2) is 0 Å². The molecule has 3 rings (SSSR count). The van der Waals surface area contributed by atoms with E-state index in [4.69, 9.17) is 21.1 Å². The Labute approximate surface area is 156 Å². The molecule has 1 fully saturated rings. The van der Waals surface area contributed by atoms with Crippen LogP contribution in [0.4, 0.5) is 4.79 Å². The normalized spacial score (nSPS) is 21.4. The van der Waals surface area contributed by atoms with Crippen molar-refractivity contribution in [2.75, 3.05) is 26.2 Å². The minimum absolute atomic E-state index is 0.149. The fourth-order valence-corrected chi connectivity index (χ4v) is 3.49. The summed E-state index contributed by atoms with van der Waals surface area (Å²) in [6.07, 6.45) is -0.255. The van der Waals surface area contributed by atoms with E-state index in [0.29, 0.717) is 24.7 Å². The zero-order valence-corrected chi connectivity index (χ0v) is 16.5. The second-order valence-electron chi connectivity index (χ2n) is 7.24. The van der Waals surface area contributed by atoms with Crippen LogP contribution in [0.3, 0.4) is 0 Å². The lowest BCUT2D eigenvalue weighted by Gasteiger charge is -2.40. The third kappa shape index (κ3) is 3.98.